The van der Waals surface area contributed by atoms with Crippen molar-refractivity contribution in [1.29, 1.82) is 0 Å². The molecule has 150 valence electrons. The molecule has 6 nitrogen and oxygen atoms in total. The molecule has 0 bridgehead atoms. The summed E-state index contributed by atoms with van der Waals surface area (Å²) in [6, 6.07) is 0. The van der Waals surface area contributed by atoms with E-state index in [9.17, 15) is 26.4 Å². The van der Waals surface area contributed by atoms with E-state index in [1.54, 1.807) is 6.92 Å². The lowest BCUT2D eigenvalue weighted by atomic mass is 10.1. The predicted molar refractivity (Wildman–Crippen MR) is 88.8 cm³/mol. The maximum Gasteiger partial charge on any atom is 0.523 e. The summed E-state index contributed by atoms with van der Waals surface area (Å²) in [5, 5.41) is -0.0703. The average Bonchev–Trinajstić information content (AvgIpc) is 2.39. The first-order valence-electron chi connectivity index (χ1n) is 7.70. The molecular weight excluding hydrogens is 381 g/mol. The van der Waals surface area contributed by atoms with Gasteiger partial charge in [-0.1, -0.05) is 20.8 Å². The third kappa shape index (κ3) is 7.23. The van der Waals surface area contributed by atoms with Crippen molar-refractivity contribution < 1.29 is 39.7 Å². The zero-order valence-corrected chi connectivity index (χ0v) is 17.4. The lowest BCUT2D eigenvalue weighted by Gasteiger charge is -2.38. The SMILES string of the molecule is COC(=O)C(CCC(C)O[Si](C)(C)C(C)(C)C)OS(=O)(=O)C(F)(F)F. The highest BCUT2D eigenvalue weighted by Crippen LogP contribution is 2.37. The van der Waals surface area contributed by atoms with E-state index in [1.807, 2.05) is 33.9 Å². The summed E-state index contributed by atoms with van der Waals surface area (Å²) in [7, 11) is -7.06. The number of ether oxygens (including phenoxy) is 1. The second-order valence-corrected chi connectivity index (χ2v) is 13.6. The number of hydrogen-bond acceptors (Lipinski definition) is 6. The predicted octanol–water partition coefficient (Wildman–Crippen LogP) is 3.58. The Kier molecular flexibility index (Phi) is 8.14. The second-order valence-electron chi connectivity index (χ2n) is 7.27. The molecule has 0 aliphatic rings. The molecule has 0 rings (SSSR count). The van der Waals surface area contributed by atoms with Gasteiger partial charge >= 0.3 is 21.6 Å². The van der Waals surface area contributed by atoms with Crippen LogP contribution in [0, 0.1) is 0 Å². The number of rotatable bonds is 8. The van der Waals surface area contributed by atoms with Gasteiger partial charge in [-0.3, -0.25) is 0 Å². The molecule has 25 heavy (non-hydrogen) atoms. The fourth-order valence-electron chi connectivity index (χ4n) is 1.67. The first-order valence-corrected chi connectivity index (χ1v) is 12.0. The van der Waals surface area contributed by atoms with E-state index >= 15 is 0 Å². The molecule has 0 heterocycles. The van der Waals surface area contributed by atoms with E-state index in [1.165, 1.54) is 0 Å². The summed E-state index contributed by atoms with van der Waals surface area (Å²) in [4.78, 5) is 11.6. The fourth-order valence-corrected chi connectivity index (χ4v) is 3.74. The molecule has 0 aliphatic heterocycles. The lowest BCUT2D eigenvalue weighted by Crippen LogP contribution is -2.43. The normalized spacial score (nSPS) is 16.4. The summed E-state index contributed by atoms with van der Waals surface area (Å²) in [5.41, 5.74) is -5.61. The number of alkyl halides is 3. The minimum atomic E-state index is -5.89. The molecule has 0 amide bonds. The number of halogens is 3. The van der Waals surface area contributed by atoms with Crippen LogP contribution < -0.4 is 0 Å². The molecule has 0 fully saturated rings. The van der Waals surface area contributed by atoms with Crippen LogP contribution in [0.25, 0.3) is 0 Å². The van der Waals surface area contributed by atoms with Gasteiger partial charge in [-0.15, -0.1) is 0 Å². The Morgan fingerprint density at radius 1 is 1.12 bits per heavy atom. The van der Waals surface area contributed by atoms with Crippen LogP contribution in [0.2, 0.25) is 18.1 Å². The first-order chi connectivity index (χ1) is 10.9. The third-order valence-electron chi connectivity index (χ3n) is 4.13. The third-order valence-corrected chi connectivity index (χ3v) is 9.78. The maximum atomic E-state index is 12.4. The molecular formula is C14H27F3O6SSi. The molecule has 11 heteroatoms. The standard InChI is InChI=1S/C14H27F3O6SSi/c1-10(23-25(6,7)13(2,3)4)8-9-11(12(18)21-5)22-24(19,20)14(15,16)17/h10-11H,8-9H2,1-7H3. The molecule has 0 aromatic carbocycles. The van der Waals surface area contributed by atoms with Crippen molar-refractivity contribution in [1.82, 2.24) is 0 Å². The number of carbonyl (C=O) groups is 1. The highest BCUT2D eigenvalue weighted by atomic mass is 32.2. The zero-order valence-electron chi connectivity index (χ0n) is 15.6. The highest BCUT2D eigenvalue weighted by molar-refractivity contribution is 7.87. The van der Waals surface area contributed by atoms with Crippen LogP contribution in [0.5, 0.6) is 0 Å². The molecule has 0 saturated heterocycles. The van der Waals surface area contributed by atoms with Gasteiger partial charge in [0.1, 0.15) is 0 Å². The van der Waals surface area contributed by atoms with Gasteiger partial charge in [0, 0.05) is 6.10 Å². The molecule has 0 saturated carbocycles. The van der Waals surface area contributed by atoms with Gasteiger partial charge in [0.05, 0.1) is 7.11 Å². The van der Waals surface area contributed by atoms with Gasteiger partial charge in [0.2, 0.25) is 0 Å². The van der Waals surface area contributed by atoms with Gasteiger partial charge in [0.15, 0.2) is 14.4 Å². The quantitative estimate of drug-likeness (QED) is 0.264. The Bertz CT molecular complexity index is 554. The van der Waals surface area contributed by atoms with E-state index in [4.69, 9.17) is 4.43 Å². The molecule has 2 atom stereocenters. The van der Waals surface area contributed by atoms with Crippen molar-refractivity contribution in [2.75, 3.05) is 7.11 Å². The van der Waals surface area contributed by atoms with Crippen LogP contribution in [0.4, 0.5) is 13.2 Å². The molecule has 0 aliphatic carbocycles. The first kappa shape index (κ1) is 24.3. The van der Waals surface area contributed by atoms with Gasteiger partial charge in [-0.05, 0) is 37.9 Å². The van der Waals surface area contributed by atoms with Crippen molar-refractivity contribution in [2.45, 2.75) is 76.4 Å². The minimum Gasteiger partial charge on any atom is -0.467 e. The summed E-state index contributed by atoms with van der Waals surface area (Å²) in [5.74, 6) is -1.19. The number of methoxy groups -OCH3 is 1. The smallest absolute Gasteiger partial charge is 0.467 e. The highest BCUT2D eigenvalue weighted by Gasteiger charge is 2.49. The van der Waals surface area contributed by atoms with Gasteiger partial charge in [-0.25, -0.2) is 8.98 Å². The second kappa shape index (κ2) is 8.36. The molecule has 0 radical (unpaired) electrons. The van der Waals surface area contributed by atoms with E-state index < -0.39 is 36.0 Å². The number of hydrogen-bond donors (Lipinski definition) is 0. The Balaban J connectivity index is 5.01. The van der Waals surface area contributed by atoms with Crippen LogP contribution >= 0.6 is 0 Å². The average molecular weight is 409 g/mol. The molecule has 0 aromatic rings. The monoisotopic (exact) mass is 408 g/mol. The van der Waals surface area contributed by atoms with Crippen molar-refractivity contribution in [3.05, 3.63) is 0 Å². The van der Waals surface area contributed by atoms with Crippen molar-refractivity contribution in [3.63, 3.8) is 0 Å². The maximum absolute atomic E-state index is 12.4. The molecule has 0 spiro atoms. The van der Waals surface area contributed by atoms with Crippen LogP contribution in [0.1, 0.15) is 40.5 Å². The largest absolute Gasteiger partial charge is 0.523 e. The number of carbonyl (C=O) groups excluding carboxylic acids is 1. The van der Waals surface area contributed by atoms with E-state index in [0.29, 0.717) is 0 Å². The van der Waals surface area contributed by atoms with Gasteiger partial charge in [-0.2, -0.15) is 21.6 Å². The van der Waals surface area contributed by atoms with Crippen molar-refractivity contribution >= 4 is 24.4 Å². The van der Waals surface area contributed by atoms with Gasteiger partial charge in [0.25, 0.3) is 0 Å². The summed E-state index contributed by atoms with van der Waals surface area (Å²) in [6.07, 6.45) is -2.40. The van der Waals surface area contributed by atoms with Gasteiger partial charge < -0.3 is 9.16 Å². The van der Waals surface area contributed by atoms with Crippen molar-refractivity contribution in [2.24, 2.45) is 0 Å². The molecule has 2 unspecified atom stereocenters. The van der Waals surface area contributed by atoms with Crippen LogP contribution in [-0.4, -0.2) is 47.5 Å². The summed E-state index contributed by atoms with van der Waals surface area (Å²) < 4.78 is 73.9. The van der Waals surface area contributed by atoms with E-state index in [2.05, 4.69) is 8.92 Å². The molecule has 0 N–H and O–H groups in total. The Morgan fingerprint density at radius 3 is 1.96 bits per heavy atom. The van der Waals surface area contributed by atoms with E-state index in [0.717, 1.165) is 7.11 Å². The van der Waals surface area contributed by atoms with Crippen LogP contribution in [0.3, 0.4) is 0 Å². The number of esters is 1. The Labute approximate surface area is 148 Å². The Morgan fingerprint density at radius 2 is 1.60 bits per heavy atom. The van der Waals surface area contributed by atoms with Crippen LogP contribution in [0.15, 0.2) is 0 Å². The zero-order chi connectivity index (χ0) is 20.3. The van der Waals surface area contributed by atoms with Crippen molar-refractivity contribution in [3.8, 4) is 0 Å². The summed E-state index contributed by atoms with van der Waals surface area (Å²) >= 11 is 0. The fraction of sp³-hybridized carbons (Fsp3) is 0.929. The van der Waals surface area contributed by atoms with E-state index in [-0.39, 0.29) is 24.0 Å². The van der Waals surface area contributed by atoms with Crippen LogP contribution in [-0.2, 0) is 28.3 Å². The lowest BCUT2D eigenvalue weighted by molar-refractivity contribution is -0.150. The summed E-state index contributed by atoms with van der Waals surface area (Å²) in [6.45, 7) is 11.8. The minimum absolute atomic E-state index is 0.0703. The Hall–Kier alpha value is -0.653. The topological polar surface area (TPSA) is 78.9 Å². The molecule has 0 aromatic heterocycles.